The second-order valence-electron chi connectivity index (χ2n) is 8.45. The van der Waals surface area contributed by atoms with Crippen LogP contribution in [0.3, 0.4) is 0 Å². The van der Waals surface area contributed by atoms with E-state index in [0.717, 1.165) is 48.4 Å². The first-order chi connectivity index (χ1) is 15.0. The molecule has 6 heteroatoms. The number of rotatable bonds is 6. The molecule has 3 heterocycles. The molecule has 4 rings (SSSR count). The van der Waals surface area contributed by atoms with Crippen LogP contribution < -0.4 is 15.8 Å². The van der Waals surface area contributed by atoms with E-state index in [4.69, 9.17) is 11.6 Å². The lowest BCUT2D eigenvalue weighted by molar-refractivity contribution is 0.519. The number of nitrogens with one attached hydrogen (secondary N) is 1. The summed E-state index contributed by atoms with van der Waals surface area (Å²) in [6.07, 6.45) is 5.78. The van der Waals surface area contributed by atoms with E-state index in [1.165, 1.54) is 0 Å². The monoisotopic (exact) mass is 436 g/mol. The molecule has 1 fully saturated rings. The Morgan fingerprint density at radius 2 is 1.84 bits per heavy atom. The van der Waals surface area contributed by atoms with E-state index in [-0.39, 0.29) is 5.56 Å². The Hall–Kier alpha value is -2.63. The predicted octanol–water partition coefficient (Wildman–Crippen LogP) is 4.73. The van der Waals surface area contributed by atoms with E-state index >= 15 is 0 Å². The van der Waals surface area contributed by atoms with Gasteiger partial charge >= 0.3 is 0 Å². The minimum atomic E-state index is -0.00546. The maximum Gasteiger partial charge on any atom is 0.260 e. The van der Waals surface area contributed by atoms with Gasteiger partial charge in [0, 0.05) is 49.6 Å². The lowest BCUT2D eigenvalue weighted by Crippen LogP contribution is -2.42. The van der Waals surface area contributed by atoms with Crippen LogP contribution >= 0.6 is 11.6 Å². The van der Waals surface area contributed by atoms with Gasteiger partial charge in [0.1, 0.15) is 5.82 Å². The highest BCUT2D eigenvalue weighted by Gasteiger charge is 2.28. The number of anilines is 1. The van der Waals surface area contributed by atoms with Crippen molar-refractivity contribution in [3.8, 4) is 22.3 Å². The molecule has 1 aliphatic rings. The number of hydrogen-bond donors (Lipinski definition) is 1. The van der Waals surface area contributed by atoms with Gasteiger partial charge < -0.3 is 10.2 Å². The van der Waals surface area contributed by atoms with Crippen molar-refractivity contribution in [3.63, 3.8) is 0 Å². The van der Waals surface area contributed by atoms with Crippen LogP contribution in [0.15, 0.2) is 59.7 Å². The molecule has 1 atom stereocenters. The predicted molar refractivity (Wildman–Crippen MR) is 129 cm³/mol. The fourth-order valence-electron chi connectivity index (χ4n) is 4.34. The van der Waals surface area contributed by atoms with Crippen LogP contribution in [0, 0.1) is 0 Å². The molecule has 0 aliphatic carbocycles. The maximum atomic E-state index is 13.7. The van der Waals surface area contributed by atoms with Crippen molar-refractivity contribution in [1.82, 2.24) is 14.9 Å². The lowest BCUT2D eigenvalue weighted by Gasteiger charge is -2.30. The molecule has 0 bridgehead atoms. The number of halogens is 1. The number of hydrogen-bond acceptors (Lipinski definition) is 4. The van der Waals surface area contributed by atoms with Gasteiger partial charge in [-0.15, -0.1) is 0 Å². The Labute approximate surface area is 188 Å². The van der Waals surface area contributed by atoms with E-state index in [9.17, 15) is 4.79 Å². The van der Waals surface area contributed by atoms with E-state index in [1.54, 1.807) is 17.0 Å². The summed E-state index contributed by atoms with van der Waals surface area (Å²) in [5.74, 6) is 0.961. The summed E-state index contributed by atoms with van der Waals surface area (Å²) < 4.78 is 1.79. The third-order valence-corrected chi connectivity index (χ3v) is 6.21. The van der Waals surface area contributed by atoms with Crippen LogP contribution in [0.5, 0.6) is 0 Å². The molecule has 0 radical (unpaired) electrons. The Morgan fingerprint density at radius 3 is 2.52 bits per heavy atom. The maximum absolute atomic E-state index is 13.7. The van der Waals surface area contributed by atoms with Gasteiger partial charge in [-0.2, -0.15) is 0 Å². The van der Waals surface area contributed by atoms with Gasteiger partial charge in [0.05, 0.1) is 5.56 Å². The molecule has 0 spiro atoms. The fraction of sp³-hybridized carbons (Fsp3) is 0.360. The minimum Gasteiger partial charge on any atom is -0.354 e. The number of pyridine rings is 2. The van der Waals surface area contributed by atoms with Crippen LogP contribution in [0.4, 0.5) is 5.82 Å². The second kappa shape index (κ2) is 9.25. The first-order valence-electron chi connectivity index (χ1n) is 10.9. The Bertz CT molecular complexity index is 1090. The second-order valence-corrected chi connectivity index (χ2v) is 8.89. The van der Waals surface area contributed by atoms with Crippen molar-refractivity contribution in [3.05, 3.63) is 70.2 Å². The van der Waals surface area contributed by atoms with Crippen molar-refractivity contribution >= 4 is 17.4 Å². The molecule has 0 saturated carbocycles. The highest BCUT2D eigenvalue weighted by Crippen LogP contribution is 2.34. The Balaban J connectivity index is 1.86. The third-order valence-electron chi connectivity index (χ3n) is 5.96. The molecule has 162 valence electrons. The molecule has 1 N–H and O–H groups in total. The van der Waals surface area contributed by atoms with Crippen LogP contribution in [0.1, 0.15) is 26.7 Å². The Morgan fingerprint density at radius 1 is 1.13 bits per heavy atom. The third kappa shape index (κ3) is 4.53. The number of benzene rings is 1. The van der Waals surface area contributed by atoms with Crippen LogP contribution in [0.2, 0.25) is 5.02 Å². The molecule has 0 amide bonds. The molecule has 1 saturated heterocycles. The van der Waals surface area contributed by atoms with Gasteiger partial charge in [0.25, 0.3) is 5.56 Å². The average molecular weight is 437 g/mol. The zero-order valence-corrected chi connectivity index (χ0v) is 19.1. The Kier molecular flexibility index (Phi) is 6.44. The summed E-state index contributed by atoms with van der Waals surface area (Å²) >= 11 is 6.10. The molecule has 2 aromatic heterocycles. The van der Waals surface area contributed by atoms with E-state index in [0.29, 0.717) is 22.7 Å². The van der Waals surface area contributed by atoms with E-state index in [1.807, 2.05) is 43.4 Å². The van der Waals surface area contributed by atoms with Gasteiger partial charge in [0.15, 0.2) is 0 Å². The average Bonchev–Trinajstić information content (AvgIpc) is 3.24. The molecular weight excluding hydrogens is 408 g/mol. The summed E-state index contributed by atoms with van der Waals surface area (Å²) in [5, 5.41) is 4.21. The van der Waals surface area contributed by atoms with Crippen molar-refractivity contribution in [2.24, 2.45) is 7.05 Å². The number of nitrogens with zero attached hydrogens (tertiary/aromatic N) is 3. The van der Waals surface area contributed by atoms with E-state index < -0.39 is 0 Å². The molecule has 0 unspecified atom stereocenters. The largest absolute Gasteiger partial charge is 0.354 e. The normalized spacial score (nSPS) is 16.3. The molecule has 31 heavy (non-hydrogen) atoms. The minimum absolute atomic E-state index is 0.00546. The van der Waals surface area contributed by atoms with Crippen molar-refractivity contribution < 1.29 is 0 Å². The molecule has 5 nitrogen and oxygen atoms in total. The quantitative estimate of drug-likeness (QED) is 0.606. The van der Waals surface area contributed by atoms with Gasteiger partial charge in [-0.3, -0.25) is 14.3 Å². The summed E-state index contributed by atoms with van der Waals surface area (Å²) in [6.45, 7) is 6.19. The first-order valence-corrected chi connectivity index (χ1v) is 11.2. The van der Waals surface area contributed by atoms with Gasteiger partial charge in [0.2, 0.25) is 0 Å². The highest BCUT2D eigenvalue weighted by atomic mass is 35.5. The van der Waals surface area contributed by atoms with Crippen molar-refractivity contribution in [1.29, 1.82) is 0 Å². The lowest BCUT2D eigenvalue weighted by atomic mass is 9.96. The highest BCUT2D eigenvalue weighted by molar-refractivity contribution is 6.30. The van der Waals surface area contributed by atoms with Gasteiger partial charge in [-0.1, -0.05) is 37.6 Å². The van der Waals surface area contributed by atoms with Crippen LogP contribution in [0.25, 0.3) is 22.3 Å². The molecule has 1 aromatic carbocycles. The van der Waals surface area contributed by atoms with Crippen LogP contribution in [-0.2, 0) is 7.05 Å². The summed E-state index contributed by atoms with van der Waals surface area (Å²) in [4.78, 5) is 20.2. The van der Waals surface area contributed by atoms with E-state index in [2.05, 4.69) is 35.1 Å². The van der Waals surface area contributed by atoms with Gasteiger partial charge in [-0.25, -0.2) is 0 Å². The molecular formula is C25H29ClN4O. The SMILES string of the molecule is CC(C)NC[C@@H]1CCCN1c1cc(-c2ccncc2)c(-c2ccc(Cl)cc2)c(=O)n1C. The molecule has 3 aromatic rings. The van der Waals surface area contributed by atoms with Gasteiger partial charge in [-0.05, 0) is 59.9 Å². The summed E-state index contributed by atoms with van der Waals surface area (Å²) in [6, 6.07) is 14.4. The number of aromatic nitrogens is 2. The zero-order chi connectivity index (χ0) is 22.0. The summed E-state index contributed by atoms with van der Waals surface area (Å²) in [5.41, 5.74) is 3.45. The van der Waals surface area contributed by atoms with Crippen molar-refractivity contribution in [2.45, 2.75) is 38.8 Å². The zero-order valence-electron chi connectivity index (χ0n) is 18.3. The van der Waals surface area contributed by atoms with Crippen molar-refractivity contribution in [2.75, 3.05) is 18.0 Å². The standard InChI is InChI=1S/C25H29ClN4O/c1-17(2)28-16-21-5-4-14-30(21)23-15-22(18-10-12-27-13-11-18)24(25(31)29(23)3)19-6-8-20(26)9-7-19/h6-13,15,17,21,28H,4-5,14,16H2,1-3H3/t21-/m0/s1. The summed E-state index contributed by atoms with van der Waals surface area (Å²) in [7, 11) is 1.87. The fourth-order valence-corrected chi connectivity index (χ4v) is 4.46. The first kappa shape index (κ1) is 21.6. The topological polar surface area (TPSA) is 50.2 Å². The smallest absolute Gasteiger partial charge is 0.260 e. The molecule has 1 aliphatic heterocycles. The van der Waals surface area contributed by atoms with Crippen LogP contribution in [-0.4, -0.2) is 34.7 Å².